The number of methoxy groups -OCH3 is 1. The van der Waals surface area contributed by atoms with Crippen molar-refractivity contribution in [3.05, 3.63) is 54.1 Å². The van der Waals surface area contributed by atoms with Crippen molar-refractivity contribution in [3.8, 4) is 5.75 Å². The van der Waals surface area contributed by atoms with Crippen molar-refractivity contribution < 1.29 is 19.1 Å². The molecule has 1 fully saturated rings. The molecule has 0 aliphatic carbocycles. The van der Waals surface area contributed by atoms with Crippen LogP contribution in [-0.4, -0.2) is 49.9 Å². The van der Waals surface area contributed by atoms with Gasteiger partial charge in [-0.25, -0.2) is 4.90 Å². The molecule has 0 radical (unpaired) electrons. The number of nitrogens with zero attached hydrogens (tertiary/aromatic N) is 2. The fraction of sp³-hybridized carbons (Fsp3) is 0.250. The van der Waals surface area contributed by atoms with Gasteiger partial charge in [0.25, 0.3) is 11.8 Å². The van der Waals surface area contributed by atoms with E-state index in [4.69, 9.17) is 4.74 Å². The predicted octanol–water partition coefficient (Wildman–Crippen LogP) is 2.14. The van der Waals surface area contributed by atoms with Gasteiger partial charge in [0.2, 0.25) is 5.91 Å². The van der Waals surface area contributed by atoms with E-state index in [0.29, 0.717) is 22.7 Å². The SMILES string of the molecule is COc1cccc(N2C(=O)C[C@@H](Nc3ccc(C(=O)N(C)C)cc3)C2=O)c1. The van der Waals surface area contributed by atoms with Gasteiger partial charge in [0.15, 0.2) is 0 Å². The van der Waals surface area contributed by atoms with Crippen LogP contribution in [0.25, 0.3) is 0 Å². The Bertz CT molecular complexity index is 877. The van der Waals surface area contributed by atoms with Crippen molar-refractivity contribution in [2.24, 2.45) is 0 Å². The number of nitrogens with one attached hydrogen (secondary N) is 1. The Morgan fingerprint density at radius 3 is 2.48 bits per heavy atom. The molecule has 0 spiro atoms. The maximum Gasteiger partial charge on any atom is 0.256 e. The number of ether oxygens (including phenoxy) is 1. The molecule has 1 aliphatic heterocycles. The number of amides is 3. The lowest BCUT2D eigenvalue weighted by Gasteiger charge is -2.17. The zero-order valence-electron chi connectivity index (χ0n) is 15.4. The van der Waals surface area contributed by atoms with Gasteiger partial charge >= 0.3 is 0 Å². The van der Waals surface area contributed by atoms with Crippen LogP contribution >= 0.6 is 0 Å². The second kappa shape index (κ2) is 7.49. The molecule has 2 aromatic carbocycles. The van der Waals surface area contributed by atoms with Crippen LogP contribution in [0, 0.1) is 0 Å². The predicted molar refractivity (Wildman–Crippen MR) is 102 cm³/mol. The van der Waals surface area contributed by atoms with Gasteiger partial charge in [-0.1, -0.05) is 6.07 Å². The Morgan fingerprint density at radius 2 is 1.85 bits per heavy atom. The van der Waals surface area contributed by atoms with Crippen molar-refractivity contribution in [3.63, 3.8) is 0 Å². The smallest absolute Gasteiger partial charge is 0.256 e. The molecule has 0 saturated carbocycles. The van der Waals surface area contributed by atoms with Crippen molar-refractivity contribution in [1.29, 1.82) is 0 Å². The van der Waals surface area contributed by atoms with E-state index < -0.39 is 6.04 Å². The van der Waals surface area contributed by atoms with Crippen molar-refractivity contribution in [2.45, 2.75) is 12.5 Å². The molecule has 3 rings (SSSR count). The number of rotatable bonds is 5. The van der Waals surface area contributed by atoms with Gasteiger partial charge in [-0.05, 0) is 36.4 Å². The average Bonchev–Trinajstić information content (AvgIpc) is 2.95. The number of hydrogen-bond acceptors (Lipinski definition) is 5. The number of carbonyl (C=O) groups excluding carboxylic acids is 3. The average molecular weight is 367 g/mol. The van der Waals surface area contributed by atoms with Gasteiger partial charge in [-0.15, -0.1) is 0 Å². The first-order valence-corrected chi connectivity index (χ1v) is 8.50. The first kappa shape index (κ1) is 18.4. The first-order chi connectivity index (χ1) is 12.9. The summed E-state index contributed by atoms with van der Waals surface area (Å²) in [6.45, 7) is 0. The molecule has 140 valence electrons. The van der Waals surface area contributed by atoms with Gasteiger partial charge in [0, 0.05) is 31.4 Å². The molecule has 2 aromatic rings. The fourth-order valence-electron chi connectivity index (χ4n) is 2.93. The third-order valence-electron chi connectivity index (χ3n) is 4.34. The van der Waals surface area contributed by atoms with Crippen LogP contribution in [-0.2, 0) is 9.59 Å². The number of anilines is 2. The summed E-state index contributed by atoms with van der Waals surface area (Å²) in [5, 5.41) is 3.08. The van der Waals surface area contributed by atoms with Crippen LogP contribution in [0.1, 0.15) is 16.8 Å². The third kappa shape index (κ3) is 3.76. The van der Waals surface area contributed by atoms with Crippen molar-refractivity contribution >= 4 is 29.1 Å². The summed E-state index contributed by atoms with van der Waals surface area (Å²) in [6.07, 6.45) is 0.0639. The molecule has 1 aliphatic rings. The number of carbonyl (C=O) groups is 3. The highest BCUT2D eigenvalue weighted by atomic mass is 16.5. The summed E-state index contributed by atoms with van der Waals surface area (Å²) in [5.41, 5.74) is 1.71. The van der Waals surface area contributed by atoms with Gasteiger partial charge in [0.05, 0.1) is 19.2 Å². The fourth-order valence-corrected chi connectivity index (χ4v) is 2.93. The number of imide groups is 1. The molecule has 0 unspecified atom stereocenters. The molecule has 1 N–H and O–H groups in total. The van der Waals surface area contributed by atoms with Gasteiger partial charge in [-0.3, -0.25) is 14.4 Å². The van der Waals surface area contributed by atoms with E-state index in [9.17, 15) is 14.4 Å². The molecular formula is C20H21N3O4. The second-order valence-corrected chi connectivity index (χ2v) is 6.45. The molecule has 1 atom stereocenters. The third-order valence-corrected chi connectivity index (χ3v) is 4.34. The van der Waals surface area contributed by atoms with Crippen LogP contribution in [0.3, 0.4) is 0 Å². The molecule has 1 saturated heterocycles. The largest absolute Gasteiger partial charge is 0.497 e. The van der Waals surface area contributed by atoms with Crippen molar-refractivity contribution in [2.75, 3.05) is 31.4 Å². The van der Waals surface area contributed by atoms with Gasteiger partial charge in [-0.2, -0.15) is 0 Å². The van der Waals surface area contributed by atoms with E-state index in [0.717, 1.165) is 0 Å². The van der Waals surface area contributed by atoms with E-state index in [2.05, 4.69) is 5.32 Å². The first-order valence-electron chi connectivity index (χ1n) is 8.50. The van der Waals surface area contributed by atoms with E-state index in [1.54, 1.807) is 62.6 Å². The minimum atomic E-state index is -0.654. The summed E-state index contributed by atoms with van der Waals surface area (Å²) in [5.74, 6) is -0.115. The molecule has 7 nitrogen and oxygen atoms in total. The topological polar surface area (TPSA) is 79.0 Å². The number of hydrogen-bond donors (Lipinski definition) is 1. The summed E-state index contributed by atoms with van der Waals surface area (Å²) >= 11 is 0. The van der Waals surface area contributed by atoms with Crippen LogP contribution in [0.5, 0.6) is 5.75 Å². The Hall–Kier alpha value is -3.35. The molecule has 0 bridgehead atoms. The van der Waals surface area contributed by atoms with E-state index >= 15 is 0 Å². The quantitative estimate of drug-likeness (QED) is 0.819. The van der Waals surface area contributed by atoms with Crippen LogP contribution in [0.15, 0.2) is 48.5 Å². The number of benzene rings is 2. The minimum Gasteiger partial charge on any atom is -0.497 e. The summed E-state index contributed by atoms with van der Waals surface area (Å²) < 4.78 is 5.16. The zero-order chi connectivity index (χ0) is 19.6. The second-order valence-electron chi connectivity index (χ2n) is 6.45. The Morgan fingerprint density at radius 1 is 1.15 bits per heavy atom. The molecule has 27 heavy (non-hydrogen) atoms. The van der Waals surface area contributed by atoms with Crippen LogP contribution in [0.2, 0.25) is 0 Å². The Balaban J connectivity index is 1.74. The van der Waals surface area contributed by atoms with Crippen molar-refractivity contribution in [1.82, 2.24) is 4.90 Å². The normalized spacial score (nSPS) is 16.4. The highest BCUT2D eigenvalue weighted by Gasteiger charge is 2.39. The Labute approximate surface area is 157 Å². The summed E-state index contributed by atoms with van der Waals surface area (Å²) in [6, 6.07) is 13.0. The summed E-state index contributed by atoms with van der Waals surface area (Å²) in [7, 11) is 4.90. The molecular weight excluding hydrogens is 346 g/mol. The lowest BCUT2D eigenvalue weighted by Crippen LogP contribution is -2.34. The van der Waals surface area contributed by atoms with Gasteiger partial charge in [0.1, 0.15) is 11.8 Å². The van der Waals surface area contributed by atoms with Crippen LogP contribution < -0.4 is 15.0 Å². The molecule has 0 aromatic heterocycles. The lowest BCUT2D eigenvalue weighted by molar-refractivity contribution is -0.121. The van der Waals surface area contributed by atoms with E-state index in [-0.39, 0.29) is 24.1 Å². The maximum atomic E-state index is 12.7. The minimum absolute atomic E-state index is 0.0639. The molecule has 3 amide bonds. The summed E-state index contributed by atoms with van der Waals surface area (Å²) in [4.78, 5) is 39.7. The van der Waals surface area contributed by atoms with Crippen LogP contribution in [0.4, 0.5) is 11.4 Å². The lowest BCUT2D eigenvalue weighted by atomic mass is 10.1. The molecule has 1 heterocycles. The standard InChI is InChI=1S/C20H21N3O4/c1-22(2)19(25)13-7-9-14(10-8-13)21-17-12-18(24)23(20(17)26)15-5-4-6-16(11-15)27-3/h4-11,17,21H,12H2,1-3H3/t17-/m1/s1. The van der Waals surface area contributed by atoms with Gasteiger partial charge < -0.3 is 15.0 Å². The maximum absolute atomic E-state index is 12.7. The zero-order valence-corrected chi connectivity index (χ0v) is 15.4. The monoisotopic (exact) mass is 367 g/mol. The highest BCUT2D eigenvalue weighted by molar-refractivity contribution is 6.23. The molecule has 7 heteroatoms. The van der Waals surface area contributed by atoms with E-state index in [1.165, 1.54) is 16.9 Å². The van der Waals surface area contributed by atoms with E-state index in [1.807, 2.05) is 0 Å². The highest BCUT2D eigenvalue weighted by Crippen LogP contribution is 2.27. The Kier molecular flexibility index (Phi) is 5.12.